The van der Waals surface area contributed by atoms with Gasteiger partial charge in [-0.05, 0) is 25.0 Å². The summed E-state index contributed by atoms with van der Waals surface area (Å²) in [7, 11) is 0. The van der Waals surface area contributed by atoms with Crippen molar-refractivity contribution in [3.63, 3.8) is 0 Å². The molecule has 0 radical (unpaired) electrons. The normalized spacial score (nSPS) is 15.3. The van der Waals surface area contributed by atoms with Crippen molar-refractivity contribution in [1.29, 1.82) is 0 Å². The molecular weight excluding hydrogens is 389 g/mol. The Labute approximate surface area is 165 Å². The van der Waals surface area contributed by atoms with Gasteiger partial charge >= 0.3 is 0 Å². The number of nitro groups is 1. The molecule has 6 nitrogen and oxygen atoms in total. The van der Waals surface area contributed by atoms with E-state index in [4.69, 9.17) is 23.2 Å². The Kier molecular flexibility index (Phi) is 4.70. The first-order valence-corrected chi connectivity index (χ1v) is 9.59. The maximum Gasteiger partial charge on any atom is 0.272 e. The van der Waals surface area contributed by atoms with Gasteiger partial charge in [0.25, 0.3) is 11.2 Å². The first kappa shape index (κ1) is 18.1. The quantitative estimate of drug-likeness (QED) is 0.425. The van der Waals surface area contributed by atoms with Crippen molar-refractivity contribution in [2.45, 2.75) is 38.1 Å². The van der Waals surface area contributed by atoms with Crippen LogP contribution in [0, 0.1) is 10.1 Å². The van der Waals surface area contributed by atoms with Gasteiger partial charge in [0.1, 0.15) is 0 Å². The fourth-order valence-electron chi connectivity index (χ4n) is 3.95. The first-order valence-electron chi connectivity index (χ1n) is 8.84. The van der Waals surface area contributed by atoms with E-state index in [9.17, 15) is 14.9 Å². The van der Waals surface area contributed by atoms with Crippen molar-refractivity contribution in [2.75, 3.05) is 0 Å². The highest BCUT2D eigenvalue weighted by molar-refractivity contribution is 6.38. The van der Waals surface area contributed by atoms with Gasteiger partial charge in [0, 0.05) is 30.4 Å². The topological polar surface area (TPSA) is 70.1 Å². The predicted octanol–water partition coefficient (Wildman–Crippen LogP) is 5.51. The minimum Gasteiger partial charge on any atom is -0.312 e. The third-order valence-electron chi connectivity index (χ3n) is 5.18. The van der Waals surface area contributed by atoms with Crippen LogP contribution in [-0.2, 0) is 0 Å². The molecule has 1 fully saturated rings. The Morgan fingerprint density at radius 2 is 1.67 bits per heavy atom. The molecule has 1 saturated carbocycles. The molecule has 0 atom stereocenters. The summed E-state index contributed by atoms with van der Waals surface area (Å²) in [6, 6.07) is 7.93. The maximum absolute atomic E-state index is 12.6. The molecule has 0 aliphatic heterocycles. The van der Waals surface area contributed by atoms with E-state index in [1.165, 1.54) is 18.6 Å². The fraction of sp³-hybridized carbons (Fsp3) is 0.316. The van der Waals surface area contributed by atoms with E-state index in [2.05, 4.69) is 0 Å². The Morgan fingerprint density at radius 1 is 1.00 bits per heavy atom. The molecule has 140 valence electrons. The van der Waals surface area contributed by atoms with Crippen molar-refractivity contribution >= 4 is 39.9 Å². The number of hydrogen-bond donors (Lipinski definition) is 0. The average molecular weight is 406 g/mol. The second-order valence-corrected chi connectivity index (χ2v) is 7.62. The van der Waals surface area contributed by atoms with Crippen LogP contribution in [0.25, 0.3) is 16.7 Å². The van der Waals surface area contributed by atoms with Gasteiger partial charge in [0.05, 0.1) is 31.7 Å². The van der Waals surface area contributed by atoms with Gasteiger partial charge in [-0.25, -0.2) is 0 Å². The minimum absolute atomic E-state index is 0.0203. The molecule has 1 aromatic carbocycles. The molecule has 1 aliphatic rings. The number of fused-ring (bicyclic) bond motifs is 1. The number of non-ortho nitro benzene ring substituents is 1. The van der Waals surface area contributed by atoms with Crippen LogP contribution in [0.5, 0.6) is 0 Å². The summed E-state index contributed by atoms with van der Waals surface area (Å²) in [5, 5.41) is 11.4. The average Bonchev–Trinajstić information content (AvgIpc) is 3.05. The van der Waals surface area contributed by atoms with Crippen molar-refractivity contribution in [2.24, 2.45) is 0 Å². The summed E-state index contributed by atoms with van der Waals surface area (Å²) >= 11 is 12.6. The van der Waals surface area contributed by atoms with Crippen LogP contribution in [0.3, 0.4) is 0 Å². The van der Waals surface area contributed by atoms with Crippen molar-refractivity contribution in [3.8, 4) is 5.69 Å². The second-order valence-electron chi connectivity index (χ2n) is 6.80. The highest BCUT2D eigenvalue weighted by atomic mass is 35.5. The number of nitrogens with zero attached hydrogens (tertiary/aromatic N) is 3. The Balaban J connectivity index is 1.90. The zero-order chi connectivity index (χ0) is 19.1. The summed E-state index contributed by atoms with van der Waals surface area (Å²) in [5.41, 5.74) is 1.89. The van der Waals surface area contributed by atoms with Crippen LogP contribution in [0.2, 0.25) is 10.0 Å². The molecule has 1 aliphatic carbocycles. The highest BCUT2D eigenvalue weighted by Gasteiger charge is 2.21. The van der Waals surface area contributed by atoms with Crippen molar-refractivity contribution in [1.82, 2.24) is 9.13 Å². The van der Waals surface area contributed by atoms with E-state index < -0.39 is 4.92 Å². The Morgan fingerprint density at radius 3 is 2.30 bits per heavy atom. The standard InChI is InChI=1S/C19H17Cl2N3O3/c20-14-10-13(24(26)27)11-15(21)19(14)22-9-8-17-16(22)6-7-18(25)23(17)12-4-2-1-3-5-12/h6-12H,1-5H2. The number of rotatable bonds is 3. The van der Waals surface area contributed by atoms with E-state index in [1.807, 2.05) is 10.6 Å². The number of pyridine rings is 1. The van der Waals surface area contributed by atoms with Crippen molar-refractivity contribution in [3.05, 3.63) is 67.0 Å². The molecule has 0 unspecified atom stereocenters. The van der Waals surface area contributed by atoms with E-state index in [0.29, 0.717) is 5.69 Å². The lowest BCUT2D eigenvalue weighted by Crippen LogP contribution is -2.25. The number of aromatic nitrogens is 2. The Bertz CT molecular complexity index is 1070. The van der Waals surface area contributed by atoms with E-state index in [-0.39, 0.29) is 27.3 Å². The third kappa shape index (κ3) is 3.13. The lowest BCUT2D eigenvalue weighted by atomic mass is 9.95. The van der Waals surface area contributed by atoms with Crippen LogP contribution >= 0.6 is 23.2 Å². The molecular formula is C19H17Cl2N3O3. The van der Waals surface area contributed by atoms with Gasteiger partial charge in [-0.15, -0.1) is 0 Å². The zero-order valence-electron chi connectivity index (χ0n) is 14.4. The van der Waals surface area contributed by atoms with Crippen LogP contribution in [0.4, 0.5) is 5.69 Å². The SMILES string of the molecule is O=c1ccc2c(ccn2-c2c(Cl)cc([N+](=O)[O-])cc2Cl)n1C1CCCCC1. The van der Waals surface area contributed by atoms with Gasteiger partial charge < -0.3 is 9.13 Å². The van der Waals surface area contributed by atoms with E-state index in [1.54, 1.807) is 22.9 Å². The van der Waals surface area contributed by atoms with E-state index in [0.717, 1.165) is 36.7 Å². The third-order valence-corrected chi connectivity index (χ3v) is 5.75. The number of hydrogen-bond acceptors (Lipinski definition) is 3. The molecule has 0 N–H and O–H groups in total. The van der Waals surface area contributed by atoms with Gasteiger partial charge in [-0.3, -0.25) is 14.9 Å². The monoisotopic (exact) mass is 405 g/mol. The zero-order valence-corrected chi connectivity index (χ0v) is 15.9. The molecule has 2 aromatic heterocycles. The van der Waals surface area contributed by atoms with E-state index >= 15 is 0 Å². The van der Waals surface area contributed by atoms with Gasteiger partial charge in [0.15, 0.2) is 0 Å². The van der Waals surface area contributed by atoms with Crippen molar-refractivity contribution < 1.29 is 4.92 Å². The smallest absolute Gasteiger partial charge is 0.272 e. The molecule has 0 amide bonds. The summed E-state index contributed by atoms with van der Waals surface area (Å²) in [4.78, 5) is 23.0. The highest BCUT2D eigenvalue weighted by Crippen LogP contribution is 2.36. The molecule has 3 aromatic rings. The number of nitro benzene ring substituents is 1. The van der Waals surface area contributed by atoms with Crippen LogP contribution < -0.4 is 5.56 Å². The summed E-state index contributed by atoms with van der Waals surface area (Å²) < 4.78 is 3.64. The lowest BCUT2D eigenvalue weighted by Gasteiger charge is -2.24. The molecule has 0 spiro atoms. The number of benzene rings is 1. The number of halogens is 2. The van der Waals surface area contributed by atoms with Crippen LogP contribution in [0.1, 0.15) is 38.1 Å². The minimum atomic E-state index is -0.532. The lowest BCUT2D eigenvalue weighted by molar-refractivity contribution is -0.384. The maximum atomic E-state index is 12.6. The fourth-order valence-corrected chi connectivity index (χ4v) is 4.61. The summed E-state index contributed by atoms with van der Waals surface area (Å²) in [6.07, 6.45) is 7.22. The molecule has 2 heterocycles. The van der Waals surface area contributed by atoms with Gasteiger partial charge in [0.2, 0.25) is 0 Å². The molecule has 8 heteroatoms. The van der Waals surface area contributed by atoms with Gasteiger partial charge in [-0.1, -0.05) is 42.5 Å². The van der Waals surface area contributed by atoms with Crippen LogP contribution in [-0.4, -0.2) is 14.1 Å². The van der Waals surface area contributed by atoms with Gasteiger partial charge in [-0.2, -0.15) is 0 Å². The largest absolute Gasteiger partial charge is 0.312 e. The molecule has 27 heavy (non-hydrogen) atoms. The first-order chi connectivity index (χ1) is 13.0. The van der Waals surface area contributed by atoms with Crippen LogP contribution in [0.15, 0.2) is 41.3 Å². The Hall–Kier alpha value is -2.31. The predicted molar refractivity (Wildman–Crippen MR) is 106 cm³/mol. The molecule has 0 bridgehead atoms. The summed E-state index contributed by atoms with van der Waals surface area (Å²) in [5.74, 6) is 0. The molecule has 0 saturated heterocycles. The molecule has 4 rings (SSSR count). The summed E-state index contributed by atoms with van der Waals surface area (Å²) in [6.45, 7) is 0. The second kappa shape index (κ2) is 7.02.